The Bertz CT molecular complexity index is 995. The average Bonchev–Trinajstić information content (AvgIpc) is 2.75. The zero-order valence-corrected chi connectivity index (χ0v) is 22.8. The number of allylic oxidation sites excluding steroid dienone is 1. The zero-order chi connectivity index (χ0) is 26.0. The van der Waals surface area contributed by atoms with Crippen LogP contribution in [0.1, 0.15) is 99.8 Å². The van der Waals surface area contributed by atoms with Crippen LogP contribution in [0.2, 0.25) is 0 Å². The maximum Gasteiger partial charge on any atom is 0.310 e. The molecule has 0 aromatic rings. The fourth-order valence-corrected chi connectivity index (χ4v) is 10.8. The van der Waals surface area contributed by atoms with Gasteiger partial charge in [0, 0.05) is 11.3 Å². The Hall–Kier alpha value is -1.20. The molecule has 4 fully saturated rings. The summed E-state index contributed by atoms with van der Waals surface area (Å²) in [6.07, 6.45) is 7.42. The fourth-order valence-electron chi connectivity index (χ4n) is 10.8. The largest absolute Gasteiger partial charge is 0.481 e. The van der Waals surface area contributed by atoms with E-state index in [-0.39, 0.29) is 39.8 Å². The first-order valence-electron chi connectivity index (χ1n) is 13.9. The van der Waals surface area contributed by atoms with Crippen molar-refractivity contribution in [3.05, 3.63) is 11.6 Å². The number of Topliss-reactive ketones (excluding diaryl/α,β-unsaturated/α-hetero) is 1. The molecule has 5 heteroatoms. The molecule has 4 saturated carbocycles. The summed E-state index contributed by atoms with van der Waals surface area (Å²) in [7, 11) is 0. The van der Waals surface area contributed by atoms with Gasteiger partial charge in [-0.25, -0.2) is 0 Å². The van der Waals surface area contributed by atoms with E-state index in [0.717, 1.165) is 32.1 Å². The minimum Gasteiger partial charge on any atom is -0.481 e. The number of ketones is 1. The number of carbonyl (C=O) groups is 2. The molecule has 0 bridgehead atoms. The van der Waals surface area contributed by atoms with Gasteiger partial charge in [-0.05, 0) is 92.3 Å². The molecule has 5 nitrogen and oxygen atoms in total. The van der Waals surface area contributed by atoms with Gasteiger partial charge in [0.15, 0.2) is 5.78 Å². The van der Waals surface area contributed by atoms with E-state index in [0.29, 0.717) is 25.2 Å². The summed E-state index contributed by atoms with van der Waals surface area (Å²) in [5.41, 5.74) is -1.81. The number of hydrogen-bond acceptors (Lipinski definition) is 4. The first-order valence-corrected chi connectivity index (χ1v) is 13.9. The molecule has 10 atom stereocenters. The van der Waals surface area contributed by atoms with E-state index in [1.54, 1.807) is 0 Å². The van der Waals surface area contributed by atoms with Gasteiger partial charge in [0.2, 0.25) is 0 Å². The summed E-state index contributed by atoms with van der Waals surface area (Å²) in [6.45, 7) is 15.0. The summed E-state index contributed by atoms with van der Waals surface area (Å²) in [5, 5.41) is 33.3. The summed E-state index contributed by atoms with van der Waals surface area (Å²) < 4.78 is 0. The van der Waals surface area contributed by atoms with Crippen LogP contribution in [0.3, 0.4) is 0 Å². The molecular weight excluding hydrogens is 440 g/mol. The third kappa shape index (κ3) is 2.83. The quantitative estimate of drug-likeness (QED) is 0.432. The van der Waals surface area contributed by atoms with Crippen LogP contribution in [0.15, 0.2) is 11.6 Å². The lowest BCUT2D eigenvalue weighted by Gasteiger charge is -2.71. The standard InChI is InChI=1S/C30H46O5/c1-17-10-13-30(24(33)34)15-14-27(5)18(22(30)29(17,7)35)8-9-21-26(4)16-19(31)23(32)25(2,3)20(26)11-12-28(21,27)6/h8,17,19-22,31,35H,9-16H2,1-7H3,(H,33,34)/t17-,19+,20?,21?,22?,26-,27-,28+,29+,30-/m0/s1. The maximum absolute atomic E-state index is 13.0. The molecule has 0 aliphatic heterocycles. The minimum absolute atomic E-state index is 0.0158. The van der Waals surface area contributed by atoms with Crippen molar-refractivity contribution in [1.29, 1.82) is 0 Å². The van der Waals surface area contributed by atoms with Gasteiger partial charge in [-0.3, -0.25) is 9.59 Å². The molecular formula is C30H46O5. The fraction of sp³-hybridized carbons (Fsp3) is 0.867. The highest BCUT2D eigenvalue weighted by Crippen LogP contribution is 2.75. The molecule has 0 heterocycles. The van der Waals surface area contributed by atoms with E-state index < -0.39 is 28.5 Å². The van der Waals surface area contributed by atoms with Gasteiger partial charge in [0.25, 0.3) is 0 Å². The molecule has 3 unspecified atom stereocenters. The minimum atomic E-state index is -1.07. The lowest BCUT2D eigenvalue weighted by molar-refractivity contribution is -0.213. The molecule has 196 valence electrons. The highest BCUT2D eigenvalue weighted by Gasteiger charge is 2.71. The number of aliphatic hydroxyl groups excluding tert-OH is 1. The van der Waals surface area contributed by atoms with E-state index in [1.807, 2.05) is 20.8 Å². The van der Waals surface area contributed by atoms with E-state index in [1.165, 1.54) is 5.57 Å². The second-order valence-corrected chi connectivity index (χ2v) is 14.7. The third-order valence-electron chi connectivity index (χ3n) is 13.2. The van der Waals surface area contributed by atoms with Crippen LogP contribution in [0, 0.1) is 50.7 Å². The number of aliphatic hydroxyl groups is 2. The number of aliphatic carboxylic acids is 1. The van der Waals surface area contributed by atoms with Crippen LogP contribution in [0.25, 0.3) is 0 Å². The Balaban J connectivity index is 1.65. The Morgan fingerprint density at radius 1 is 0.971 bits per heavy atom. The zero-order valence-electron chi connectivity index (χ0n) is 22.8. The number of hydrogen-bond donors (Lipinski definition) is 3. The van der Waals surface area contributed by atoms with Crippen LogP contribution in [-0.4, -0.2) is 38.8 Å². The lowest BCUT2D eigenvalue weighted by atomic mass is 9.33. The second-order valence-electron chi connectivity index (χ2n) is 14.7. The van der Waals surface area contributed by atoms with Crippen LogP contribution in [-0.2, 0) is 9.59 Å². The van der Waals surface area contributed by atoms with Crippen LogP contribution >= 0.6 is 0 Å². The van der Waals surface area contributed by atoms with E-state index >= 15 is 0 Å². The van der Waals surface area contributed by atoms with Gasteiger partial charge >= 0.3 is 5.97 Å². The third-order valence-corrected chi connectivity index (χ3v) is 13.2. The van der Waals surface area contributed by atoms with E-state index in [2.05, 4.69) is 33.8 Å². The highest BCUT2D eigenvalue weighted by molar-refractivity contribution is 5.89. The molecule has 0 saturated heterocycles. The average molecular weight is 487 g/mol. The van der Waals surface area contributed by atoms with Crippen LogP contribution < -0.4 is 0 Å². The van der Waals surface area contributed by atoms with Crippen molar-refractivity contribution in [2.24, 2.45) is 50.7 Å². The normalized spacial score (nSPS) is 55.1. The van der Waals surface area contributed by atoms with Gasteiger partial charge in [-0.2, -0.15) is 0 Å². The van der Waals surface area contributed by atoms with Crippen molar-refractivity contribution in [2.45, 2.75) is 112 Å². The number of carbonyl (C=O) groups excluding carboxylic acids is 1. The molecule has 35 heavy (non-hydrogen) atoms. The van der Waals surface area contributed by atoms with Gasteiger partial charge in [-0.15, -0.1) is 0 Å². The van der Waals surface area contributed by atoms with Crippen LogP contribution in [0.5, 0.6) is 0 Å². The molecule has 5 aliphatic rings. The van der Waals surface area contributed by atoms with Gasteiger partial charge in [0.1, 0.15) is 6.10 Å². The Kier molecular flexibility index (Phi) is 5.25. The molecule has 0 amide bonds. The maximum atomic E-state index is 13.0. The summed E-state index contributed by atoms with van der Waals surface area (Å²) in [5.74, 6) is -0.584. The Morgan fingerprint density at radius 2 is 1.63 bits per heavy atom. The predicted octanol–water partition coefficient (Wildman–Crippen LogP) is 5.38. The number of carboxylic acid groups (broad SMARTS) is 1. The van der Waals surface area contributed by atoms with E-state index in [9.17, 15) is 24.9 Å². The SMILES string of the molecule is C[C@H]1CC[C@]2(C(=O)O)CC[C@@]3(C)C(=CCC4[C@@]5(C)C[C@@H](O)C(=O)C(C)(C)C5CC[C@]43C)C2[C@]1(C)O. The molecule has 0 aromatic carbocycles. The van der Waals surface area contributed by atoms with Crippen LogP contribution in [0.4, 0.5) is 0 Å². The van der Waals surface area contributed by atoms with Crippen molar-refractivity contribution >= 4 is 11.8 Å². The molecule has 0 radical (unpaired) electrons. The van der Waals surface area contributed by atoms with Crippen molar-refractivity contribution in [2.75, 3.05) is 0 Å². The topological polar surface area (TPSA) is 94.8 Å². The van der Waals surface area contributed by atoms with Gasteiger partial charge < -0.3 is 15.3 Å². The second kappa shape index (κ2) is 7.22. The Labute approximate surface area is 210 Å². The lowest BCUT2D eigenvalue weighted by Crippen LogP contribution is -2.68. The molecule has 0 spiro atoms. The van der Waals surface area contributed by atoms with Crippen molar-refractivity contribution < 1.29 is 24.9 Å². The Morgan fingerprint density at radius 3 is 2.26 bits per heavy atom. The van der Waals surface area contributed by atoms with Gasteiger partial charge in [-0.1, -0.05) is 53.2 Å². The molecule has 5 aliphatic carbocycles. The van der Waals surface area contributed by atoms with Gasteiger partial charge in [0.05, 0.1) is 11.0 Å². The number of fused-ring (bicyclic) bond motifs is 7. The monoisotopic (exact) mass is 486 g/mol. The predicted molar refractivity (Wildman–Crippen MR) is 134 cm³/mol. The summed E-state index contributed by atoms with van der Waals surface area (Å²) in [6, 6.07) is 0. The smallest absolute Gasteiger partial charge is 0.310 e. The first-order chi connectivity index (χ1) is 16.0. The number of rotatable bonds is 1. The summed E-state index contributed by atoms with van der Waals surface area (Å²) >= 11 is 0. The van der Waals surface area contributed by atoms with Crippen molar-refractivity contribution in [3.63, 3.8) is 0 Å². The first kappa shape index (κ1) is 25.4. The van der Waals surface area contributed by atoms with Crippen molar-refractivity contribution in [1.82, 2.24) is 0 Å². The molecule has 5 rings (SSSR count). The highest BCUT2D eigenvalue weighted by atomic mass is 16.4. The van der Waals surface area contributed by atoms with E-state index in [4.69, 9.17) is 0 Å². The molecule has 0 aromatic heterocycles. The number of carboxylic acids is 1. The van der Waals surface area contributed by atoms with Crippen molar-refractivity contribution in [3.8, 4) is 0 Å². The summed E-state index contributed by atoms with van der Waals surface area (Å²) in [4.78, 5) is 25.8. The molecule has 3 N–H and O–H groups in total.